The Morgan fingerprint density at radius 1 is 1.21 bits per heavy atom. The maximum atomic E-state index is 12.5. The van der Waals surface area contributed by atoms with Crippen molar-refractivity contribution in [2.24, 2.45) is 5.92 Å². The number of hydrogen-bond acceptors (Lipinski definition) is 5. The zero-order valence-corrected chi connectivity index (χ0v) is 17.3. The van der Waals surface area contributed by atoms with E-state index in [1.165, 1.54) is 6.33 Å². The molecule has 0 bridgehead atoms. The van der Waals surface area contributed by atoms with Crippen molar-refractivity contribution >= 4 is 12.0 Å². The van der Waals surface area contributed by atoms with Gasteiger partial charge in [0.15, 0.2) is 0 Å². The molecule has 0 saturated carbocycles. The average molecular weight is 399 g/mol. The zero-order chi connectivity index (χ0) is 20.9. The number of ether oxygens (including phenoxy) is 1. The molecule has 1 saturated heterocycles. The second kappa shape index (κ2) is 9.07. The quantitative estimate of drug-likeness (QED) is 0.835. The van der Waals surface area contributed by atoms with Gasteiger partial charge in [-0.3, -0.25) is 4.79 Å². The Bertz CT molecular complexity index is 821. The Morgan fingerprint density at radius 3 is 2.59 bits per heavy atom. The number of hydrogen-bond donors (Lipinski definition) is 1. The summed E-state index contributed by atoms with van der Waals surface area (Å²) in [5, 5.41) is 7.14. The molecule has 156 valence electrons. The van der Waals surface area contributed by atoms with E-state index in [0.29, 0.717) is 39.0 Å². The minimum atomic E-state index is -0.506. The zero-order valence-electron chi connectivity index (χ0n) is 17.3. The predicted molar refractivity (Wildman–Crippen MR) is 108 cm³/mol. The van der Waals surface area contributed by atoms with Crippen molar-refractivity contribution in [2.75, 3.05) is 13.1 Å². The van der Waals surface area contributed by atoms with E-state index in [2.05, 4.69) is 21.5 Å². The molecule has 0 radical (unpaired) electrons. The third-order valence-electron chi connectivity index (χ3n) is 4.79. The van der Waals surface area contributed by atoms with Crippen molar-refractivity contribution in [3.05, 3.63) is 48.0 Å². The van der Waals surface area contributed by atoms with Crippen LogP contribution in [-0.2, 0) is 22.6 Å². The molecule has 29 heavy (non-hydrogen) atoms. The number of benzene rings is 1. The number of nitrogens with zero attached hydrogens (tertiary/aromatic N) is 4. The van der Waals surface area contributed by atoms with Crippen LogP contribution < -0.4 is 5.32 Å². The SMILES string of the molecule is CC(C)(C)OC(=O)N1CCC(C(=O)NCc2cccc(Cn3cncn3)c2)CC1. The van der Waals surface area contributed by atoms with Gasteiger partial charge in [-0.25, -0.2) is 14.5 Å². The Hall–Kier alpha value is -2.90. The molecule has 0 unspecified atom stereocenters. The highest BCUT2D eigenvalue weighted by molar-refractivity contribution is 5.79. The molecule has 1 N–H and O–H groups in total. The molecular weight excluding hydrogens is 370 g/mol. The number of amides is 2. The number of aromatic nitrogens is 3. The normalized spacial score (nSPS) is 15.2. The van der Waals surface area contributed by atoms with Gasteiger partial charge in [0.05, 0.1) is 6.54 Å². The lowest BCUT2D eigenvalue weighted by atomic mass is 9.96. The van der Waals surface area contributed by atoms with Crippen LogP contribution in [0.15, 0.2) is 36.9 Å². The summed E-state index contributed by atoms with van der Waals surface area (Å²) in [5.41, 5.74) is 1.64. The number of nitrogens with one attached hydrogen (secondary N) is 1. The summed E-state index contributed by atoms with van der Waals surface area (Å²) in [6.45, 7) is 7.77. The summed E-state index contributed by atoms with van der Waals surface area (Å²) in [5.74, 6) is -0.0393. The lowest BCUT2D eigenvalue weighted by Gasteiger charge is -2.32. The van der Waals surface area contributed by atoms with Gasteiger partial charge in [-0.1, -0.05) is 24.3 Å². The van der Waals surface area contributed by atoms with Crippen LogP contribution in [0, 0.1) is 5.92 Å². The highest BCUT2D eigenvalue weighted by Gasteiger charge is 2.29. The topological polar surface area (TPSA) is 89.4 Å². The fourth-order valence-corrected chi connectivity index (χ4v) is 3.32. The Morgan fingerprint density at radius 2 is 1.93 bits per heavy atom. The number of carbonyl (C=O) groups excluding carboxylic acids is 2. The Balaban J connectivity index is 1.45. The summed E-state index contributed by atoms with van der Waals surface area (Å²) in [6.07, 6.45) is 4.19. The Labute approximate surface area is 171 Å². The van der Waals surface area contributed by atoms with Gasteiger partial charge in [-0.05, 0) is 44.7 Å². The highest BCUT2D eigenvalue weighted by Crippen LogP contribution is 2.20. The van der Waals surface area contributed by atoms with Crippen LogP contribution in [0.4, 0.5) is 4.79 Å². The van der Waals surface area contributed by atoms with Gasteiger partial charge in [-0.15, -0.1) is 0 Å². The van der Waals surface area contributed by atoms with Crippen LogP contribution in [0.1, 0.15) is 44.7 Å². The molecule has 2 heterocycles. The van der Waals surface area contributed by atoms with Crippen LogP contribution in [0.3, 0.4) is 0 Å². The smallest absolute Gasteiger partial charge is 0.410 e. The second-order valence-corrected chi connectivity index (χ2v) is 8.37. The van der Waals surface area contributed by atoms with Crippen LogP contribution in [-0.4, -0.2) is 50.4 Å². The maximum Gasteiger partial charge on any atom is 0.410 e. The Kier molecular flexibility index (Phi) is 6.51. The summed E-state index contributed by atoms with van der Waals surface area (Å²) >= 11 is 0. The molecule has 0 aliphatic carbocycles. The van der Waals surface area contributed by atoms with Crippen molar-refractivity contribution in [1.29, 1.82) is 0 Å². The van der Waals surface area contributed by atoms with E-state index in [-0.39, 0.29) is 17.9 Å². The molecule has 3 rings (SSSR count). The van der Waals surface area contributed by atoms with Crippen molar-refractivity contribution < 1.29 is 14.3 Å². The van der Waals surface area contributed by atoms with Gasteiger partial charge in [0.25, 0.3) is 0 Å². The molecular formula is C21H29N5O3. The summed E-state index contributed by atoms with van der Waals surface area (Å²) in [6, 6.07) is 8.07. The van der Waals surface area contributed by atoms with Crippen molar-refractivity contribution in [3.8, 4) is 0 Å². The number of carbonyl (C=O) groups is 2. The van der Waals surface area contributed by atoms with Gasteiger partial charge in [0, 0.05) is 25.6 Å². The van der Waals surface area contributed by atoms with E-state index in [1.807, 2.05) is 39.0 Å². The first-order valence-corrected chi connectivity index (χ1v) is 9.96. The van der Waals surface area contributed by atoms with Gasteiger partial charge >= 0.3 is 6.09 Å². The van der Waals surface area contributed by atoms with Crippen molar-refractivity contribution in [3.63, 3.8) is 0 Å². The first-order chi connectivity index (χ1) is 13.8. The molecule has 8 nitrogen and oxygen atoms in total. The third-order valence-corrected chi connectivity index (χ3v) is 4.79. The molecule has 8 heteroatoms. The highest BCUT2D eigenvalue weighted by atomic mass is 16.6. The minimum absolute atomic E-state index is 0.0375. The van der Waals surface area contributed by atoms with Crippen molar-refractivity contribution in [2.45, 2.75) is 52.3 Å². The van der Waals surface area contributed by atoms with Gasteiger partial charge in [0.1, 0.15) is 18.3 Å². The molecule has 0 atom stereocenters. The number of likely N-dealkylation sites (tertiary alicyclic amines) is 1. The molecule has 2 amide bonds. The van der Waals surface area contributed by atoms with E-state index in [1.54, 1.807) is 15.9 Å². The van der Waals surface area contributed by atoms with Crippen LogP contribution >= 0.6 is 0 Å². The lowest BCUT2D eigenvalue weighted by molar-refractivity contribution is -0.126. The number of piperidine rings is 1. The molecule has 1 aromatic carbocycles. The second-order valence-electron chi connectivity index (χ2n) is 8.37. The maximum absolute atomic E-state index is 12.5. The first kappa shape index (κ1) is 20.8. The monoisotopic (exact) mass is 399 g/mol. The molecule has 0 spiro atoms. The fraction of sp³-hybridized carbons (Fsp3) is 0.524. The van der Waals surface area contributed by atoms with E-state index in [9.17, 15) is 9.59 Å². The lowest BCUT2D eigenvalue weighted by Crippen LogP contribution is -2.44. The number of rotatable bonds is 5. The van der Waals surface area contributed by atoms with Crippen LogP contribution in [0.25, 0.3) is 0 Å². The third kappa shape index (κ3) is 6.30. The van der Waals surface area contributed by atoms with Crippen LogP contribution in [0.2, 0.25) is 0 Å². The van der Waals surface area contributed by atoms with Crippen molar-refractivity contribution in [1.82, 2.24) is 25.0 Å². The summed E-state index contributed by atoms with van der Waals surface area (Å²) in [7, 11) is 0. The van der Waals surface area contributed by atoms with Gasteiger partial charge in [-0.2, -0.15) is 5.10 Å². The molecule has 1 aliphatic heterocycles. The first-order valence-electron chi connectivity index (χ1n) is 9.96. The van der Waals surface area contributed by atoms with E-state index in [0.717, 1.165) is 11.1 Å². The van der Waals surface area contributed by atoms with E-state index in [4.69, 9.17) is 4.74 Å². The fourth-order valence-electron chi connectivity index (χ4n) is 3.32. The molecule has 1 aliphatic rings. The predicted octanol–water partition coefficient (Wildman–Crippen LogP) is 2.59. The molecule has 1 fully saturated rings. The summed E-state index contributed by atoms with van der Waals surface area (Å²) in [4.78, 5) is 30.3. The molecule has 2 aromatic rings. The standard InChI is InChI=1S/C21H29N5O3/c1-21(2,3)29-20(28)25-9-7-18(8-10-25)19(27)23-12-16-5-4-6-17(11-16)13-26-15-22-14-24-26/h4-6,11,14-15,18H,7-10,12-13H2,1-3H3,(H,23,27). The minimum Gasteiger partial charge on any atom is -0.444 e. The van der Waals surface area contributed by atoms with E-state index < -0.39 is 5.60 Å². The summed E-state index contributed by atoms with van der Waals surface area (Å²) < 4.78 is 7.16. The van der Waals surface area contributed by atoms with Gasteiger partial charge < -0.3 is 15.0 Å². The van der Waals surface area contributed by atoms with Gasteiger partial charge in [0.2, 0.25) is 5.91 Å². The largest absolute Gasteiger partial charge is 0.444 e. The molecule has 1 aromatic heterocycles. The van der Waals surface area contributed by atoms with Crippen LogP contribution in [0.5, 0.6) is 0 Å². The average Bonchev–Trinajstić information content (AvgIpc) is 3.18. The van der Waals surface area contributed by atoms with E-state index >= 15 is 0 Å².